The molecular formula is C22H19ClFN5O2S2. The van der Waals surface area contributed by atoms with Crippen LogP contribution in [-0.4, -0.2) is 31.4 Å². The third-order valence-electron chi connectivity index (χ3n) is 4.52. The highest BCUT2D eigenvalue weighted by Gasteiger charge is 2.15. The average Bonchev–Trinajstić information content (AvgIpc) is 3.45. The van der Waals surface area contributed by atoms with Gasteiger partial charge in [-0.2, -0.15) is 0 Å². The molecule has 0 aliphatic rings. The van der Waals surface area contributed by atoms with Gasteiger partial charge in [0.05, 0.1) is 16.5 Å². The molecule has 1 N–H and O–H groups in total. The molecule has 0 saturated heterocycles. The zero-order chi connectivity index (χ0) is 23.2. The van der Waals surface area contributed by atoms with Crippen LogP contribution < -0.4 is 10.1 Å². The van der Waals surface area contributed by atoms with Crippen molar-refractivity contribution in [2.45, 2.75) is 25.2 Å². The Kier molecular flexibility index (Phi) is 7.58. The summed E-state index contributed by atoms with van der Waals surface area (Å²) in [7, 11) is 0. The number of thioether (sulfide) groups is 1. The van der Waals surface area contributed by atoms with Gasteiger partial charge in [-0.05, 0) is 19.1 Å². The fourth-order valence-electron chi connectivity index (χ4n) is 2.92. The number of aromatic nitrogens is 4. The first kappa shape index (κ1) is 23.2. The van der Waals surface area contributed by atoms with E-state index in [1.165, 1.54) is 41.3 Å². The van der Waals surface area contributed by atoms with Gasteiger partial charge in [-0.25, -0.2) is 9.37 Å². The lowest BCUT2D eigenvalue weighted by molar-refractivity contribution is -0.113. The normalized spacial score (nSPS) is 10.9. The summed E-state index contributed by atoms with van der Waals surface area (Å²) in [6, 6.07) is 13.9. The second kappa shape index (κ2) is 10.8. The number of benzene rings is 2. The number of halogens is 2. The quantitative estimate of drug-likeness (QED) is 0.303. The van der Waals surface area contributed by atoms with E-state index in [1.807, 2.05) is 47.2 Å². The van der Waals surface area contributed by atoms with Crippen LogP contribution in [0.1, 0.15) is 12.7 Å². The third kappa shape index (κ3) is 5.89. The molecule has 0 unspecified atom stereocenters. The molecule has 0 fully saturated rings. The third-order valence-corrected chi connectivity index (χ3v) is 6.54. The van der Waals surface area contributed by atoms with Crippen molar-refractivity contribution in [2.24, 2.45) is 0 Å². The van der Waals surface area contributed by atoms with Crippen molar-refractivity contribution in [1.82, 2.24) is 19.7 Å². The first-order valence-electron chi connectivity index (χ1n) is 9.97. The molecule has 4 aromatic rings. The van der Waals surface area contributed by atoms with Gasteiger partial charge in [-0.3, -0.25) is 4.79 Å². The average molecular weight is 504 g/mol. The lowest BCUT2D eigenvalue weighted by Gasteiger charge is -2.09. The van der Waals surface area contributed by atoms with Gasteiger partial charge < -0.3 is 14.6 Å². The zero-order valence-electron chi connectivity index (χ0n) is 17.5. The van der Waals surface area contributed by atoms with Gasteiger partial charge >= 0.3 is 0 Å². The van der Waals surface area contributed by atoms with E-state index in [0.717, 1.165) is 11.3 Å². The molecule has 2 aromatic carbocycles. The fourth-order valence-corrected chi connectivity index (χ4v) is 4.65. The summed E-state index contributed by atoms with van der Waals surface area (Å²) < 4.78 is 20.8. The highest BCUT2D eigenvalue weighted by atomic mass is 35.5. The van der Waals surface area contributed by atoms with E-state index in [2.05, 4.69) is 20.5 Å². The molecule has 0 spiro atoms. The monoisotopic (exact) mass is 503 g/mol. The van der Waals surface area contributed by atoms with Crippen molar-refractivity contribution in [2.75, 3.05) is 11.1 Å². The number of nitrogens with one attached hydrogen (secondary N) is 1. The standard InChI is InChI=1S/C22H19ClFN5O2S2/c1-2-29-19(11-31-15-8-9-17(24)16(23)10-15)27-28-22(29)33-13-20(30)26-21-25-18(12-32-21)14-6-4-3-5-7-14/h3-10,12H,2,11,13H2,1H3,(H,25,26,30). The van der Waals surface area contributed by atoms with E-state index >= 15 is 0 Å². The van der Waals surface area contributed by atoms with E-state index < -0.39 is 5.82 Å². The van der Waals surface area contributed by atoms with Gasteiger partial charge in [0.1, 0.15) is 18.2 Å². The Balaban J connectivity index is 1.32. The summed E-state index contributed by atoms with van der Waals surface area (Å²) in [5, 5.41) is 14.2. The predicted molar refractivity (Wildman–Crippen MR) is 128 cm³/mol. The van der Waals surface area contributed by atoms with Gasteiger partial charge in [-0.1, -0.05) is 53.7 Å². The van der Waals surface area contributed by atoms with Crippen LogP contribution in [0.25, 0.3) is 11.3 Å². The number of carbonyl (C=O) groups excluding carboxylic acids is 1. The first-order chi connectivity index (χ1) is 16.0. The molecule has 0 saturated carbocycles. The lowest BCUT2D eigenvalue weighted by atomic mass is 10.2. The van der Waals surface area contributed by atoms with Gasteiger partial charge in [0, 0.05) is 23.6 Å². The van der Waals surface area contributed by atoms with Crippen LogP contribution in [0.3, 0.4) is 0 Å². The van der Waals surface area contributed by atoms with E-state index in [4.69, 9.17) is 16.3 Å². The molecule has 4 rings (SSSR count). The predicted octanol–water partition coefficient (Wildman–Crippen LogP) is 5.52. The summed E-state index contributed by atoms with van der Waals surface area (Å²) >= 11 is 8.44. The van der Waals surface area contributed by atoms with Crippen LogP contribution >= 0.6 is 34.7 Å². The van der Waals surface area contributed by atoms with E-state index in [1.54, 1.807) is 0 Å². The number of hydrogen-bond donors (Lipinski definition) is 1. The smallest absolute Gasteiger partial charge is 0.236 e. The van der Waals surface area contributed by atoms with Crippen molar-refractivity contribution in [3.05, 3.63) is 70.6 Å². The minimum absolute atomic E-state index is 0.0113. The molecule has 1 amide bonds. The van der Waals surface area contributed by atoms with Crippen LogP contribution in [0.15, 0.2) is 59.1 Å². The Bertz CT molecular complexity index is 1250. The Morgan fingerprint density at radius 2 is 2.06 bits per heavy atom. The van der Waals surface area contributed by atoms with Gasteiger partial charge in [0.15, 0.2) is 16.1 Å². The molecule has 0 aliphatic heterocycles. The largest absolute Gasteiger partial charge is 0.486 e. The lowest BCUT2D eigenvalue weighted by Crippen LogP contribution is -2.14. The Labute approximate surface area is 203 Å². The van der Waals surface area contributed by atoms with E-state index in [-0.39, 0.29) is 23.3 Å². The van der Waals surface area contributed by atoms with Crippen LogP contribution in [0.5, 0.6) is 5.75 Å². The summed E-state index contributed by atoms with van der Waals surface area (Å²) in [6.07, 6.45) is 0. The van der Waals surface area contributed by atoms with Crippen molar-refractivity contribution < 1.29 is 13.9 Å². The topological polar surface area (TPSA) is 81.9 Å². The minimum atomic E-state index is -0.508. The second-order valence-electron chi connectivity index (χ2n) is 6.75. The highest BCUT2D eigenvalue weighted by Crippen LogP contribution is 2.26. The molecule has 170 valence electrons. The van der Waals surface area contributed by atoms with Gasteiger partial charge in [-0.15, -0.1) is 21.5 Å². The van der Waals surface area contributed by atoms with Crippen LogP contribution in [0.4, 0.5) is 9.52 Å². The fraction of sp³-hybridized carbons (Fsp3) is 0.182. The Morgan fingerprint density at radius 3 is 2.82 bits per heavy atom. The van der Waals surface area contributed by atoms with Crippen molar-refractivity contribution in [3.63, 3.8) is 0 Å². The Hall–Kier alpha value is -2.95. The molecule has 0 atom stereocenters. The van der Waals surface area contributed by atoms with Gasteiger partial charge in [0.25, 0.3) is 0 Å². The molecule has 33 heavy (non-hydrogen) atoms. The number of carbonyl (C=O) groups is 1. The minimum Gasteiger partial charge on any atom is -0.486 e. The number of rotatable bonds is 9. The van der Waals surface area contributed by atoms with E-state index in [0.29, 0.717) is 28.4 Å². The maximum absolute atomic E-state index is 13.3. The number of anilines is 1. The maximum atomic E-state index is 13.3. The molecule has 0 radical (unpaired) electrons. The van der Waals surface area contributed by atoms with Gasteiger partial charge in [0.2, 0.25) is 5.91 Å². The number of amides is 1. The summed E-state index contributed by atoms with van der Waals surface area (Å²) in [6.45, 7) is 2.69. The zero-order valence-corrected chi connectivity index (χ0v) is 19.9. The van der Waals surface area contributed by atoms with Crippen molar-refractivity contribution >= 4 is 45.7 Å². The summed E-state index contributed by atoms with van der Waals surface area (Å²) in [5.74, 6) is 0.490. The molecular weight excluding hydrogens is 485 g/mol. The van der Waals surface area contributed by atoms with Crippen molar-refractivity contribution in [1.29, 1.82) is 0 Å². The number of thiazole rings is 1. The summed E-state index contributed by atoms with van der Waals surface area (Å²) in [4.78, 5) is 16.9. The number of hydrogen-bond acceptors (Lipinski definition) is 7. The number of ether oxygens (including phenoxy) is 1. The van der Waals surface area contributed by atoms with Crippen LogP contribution in [0, 0.1) is 5.82 Å². The molecule has 0 bridgehead atoms. The molecule has 2 heterocycles. The van der Waals surface area contributed by atoms with Crippen molar-refractivity contribution in [3.8, 4) is 17.0 Å². The Morgan fingerprint density at radius 1 is 1.24 bits per heavy atom. The maximum Gasteiger partial charge on any atom is 0.236 e. The molecule has 2 aromatic heterocycles. The number of nitrogens with zero attached hydrogens (tertiary/aromatic N) is 4. The summed E-state index contributed by atoms with van der Waals surface area (Å²) in [5.41, 5.74) is 1.82. The van der Waals surface area contributed by atoms with E-state index in [9.17, 15) is 9.18 Å². The first-order valence-corrected chi connectivity index (χ1v) is 12.2. The molecule has 11 heteroatoms. The molecule has 0 aliphatic carbocycles. The molecule has 7 nitrogen and oxygen atoms in total. The van der Waals surface area contributed by atoms with Crippen LogP contribution in [-0.2, 0) is 17.9 Å². The SMILES string of the molecule is CCn1c(COc2ccc(F)c(Cl)c2)nnc1SCC(=O)Nc1nc(-c2ccccc2)cs1. The highest BCUT2D eigenvalue weighted by molar-refractivity contribution is 7.99. The second-order valence-corrected chi connectivity index (χ2v) is 8.96. The van der Waals surface area contributed by atoms with Crippen LogP contribution in [0.2, 0.25) is 5.02 Å².